The molecule has 0 aliphatic carbocycles. The first-order chi connectivity index (χ1) is 18.5. The van der Waals surface area contributed by atoms with Crippen LogP contribution in [0.1, 0.15) is 32.1 Å². The van der Waals surface area contributed by atoms with Gasteiger partial charge in [-0.3, -0.25) is 4.79 Å². The SMILES string of the molecule is Nc1nc(SCC(=O)Nc2ccc(Br)cc2)nc2sc3c(c12)C[C@@H](c1ccccc1)S[C@@H]3c1ccccc1. The smallest absolute Gasteiger partial charge is 0.234 e. The first-order valence-electron chi connectivity index (χ1n) is 12.1. The minimum absolute atomic E-state index is 0.115. The average Bonchev–Trinajstić information content (AvgIpc) is 3.32. The molecule has 5 aromatic rings. The fourth-order valence-corrected chi connectivity index (χ4v) is 8.60. The summed E-state index contributed by atoms with van der Waals surface area (Å²) in [6.07, 6.45) is 0.878. The molecule has 6 rings (SSSR count). The number of rotatable bonds is 6. The molecule has 5 nitrogen and oxygen atoms in total. The second-order valence-corrected chi connectivity index (χ2v) is 13.1. The van der Waals surface area contributed by atoms with E-state index in [1.165, 1.54) is 33.3 Å². The van der Waals surface area contributed by atoms with Gasteiger partial charge in [-0.1, -0.05) is 88.4 Å². The van der Waals surface area contributed by atoms with E-state index in [1.54, 1.807) is 11.3 Å². The number of aromatic nitrogens is 2. The Labute approximate surface area is 241 Å². The van der Waals surface area contributed by atoms with Crippen molar-refractivity contribution < 1.29 is 4.79 Å². The number of halogens is 1. The van der Waals surface area contributed by atoms with Crippen LogP contribution in [0.3, 0.4) is 0 Å². The van der Waals surface area contributed by atoms with E-state index in [0.717, 1.165) is 26.8 Å². The number of fused-ring (bicyclic) bond motifs is 3. The number of benzene rings is 3. The van der Waals surface area contributed by atoms with Crippen LogP contribution in [0, 0.1) is 0 Å². The summed E-state index contributed by atoms with van der Waals surface area (Å²) in [4.78, 5) is 24.2. The molecule has 2 atom stereocenters. The van der Waals surface area contributed by atoms with E-state index in [0.29, 0.717) is 16.2 Å². The number of carbonyl (C=O) groups is 1. The first kappa shape index (κ1) is 25.4. The molecule has 9 heteroatoms. The highest BCUT2D eigenvalue weighted by Crippen LogP contribution is 2.55. The number of thiophene rings is 1. The lowest BCUT2D eigenvalue weighted by atomic mass is 9.98. The molecule has 0 bridgehead atoms. The van der Waals surface area contributed by atoms with Crippen molar-refractivity contribution in [1.82, 2.24) is 9.97 Å². The lowest BCUT2D eigenvalue weighted by Gasteiger charge is -2.30. The molecule has 1 aliphatic heterocycles. The summed E-state index contributed by atoms with van der Waals surface area (Å²) in [6.45, 7) is 0. The molecule has 3 heterocycles. The number of carbonyl (C=O) groups excluding carboxylic acids is 1. The third kappa shape index (κ3) is 5.33. The van der Waals surface area contributed by atoms with E-state index >= 15 is 0 Å². The van der Waals surface area contributed by atoms with Crippen LogP contribution in [0.2, 0.25) is 0 Å². The number of hydrogen-bond acceptors (Lipinski definition) is 7. The lowest BCUT2D eigenvalue weighted by Crippen LogP contribution is -2.14. The second-order valence-electron chi connectivity index (χ2n) is 8.89. The van der Waals surface area contributed by atoms with Crippen molar-refractivity contribution in [3.63, 3.8) is 0 Å². The highest BCUT2D eigenvalue weighted by molar-refractivity contribution is 9.10. The van der Waals surface area contributed by atoms with Crippen LogP contribution in [0.5, 0.6) is 0 Å². The van der Waals surface area contributed by atoms with E-state index in [4.69, 9.17) is 10.7 Å². The van der Waals surface area contributed by atoms with Gasteiger partial charge in [0.25, 0.3) is 0 Å². The highest BCUT2D eigenvalue weighted by atomic mass is 79.9. The Morgan fingerprint density at radius 3 is 2.37 bits per heavy atom. The molecular formula is C29H23BrN4OS3. The molecule has 0 unspecified atom stereocenters. The van der Waals surface area contributed by atoms with Crippen molar-refractivity contribution in [1.29, 1.82) is 0 Å². The number of nitrogens with one attached hydrogen (secondary N) is 1. The van der Waals surface area contributed by atoms with Crippen LogP contribution in [-0.2, 0) is 11.2 Å². The summed E-state index contributed by atoms with van der Waals surface area (Å²) in [5.74, 6) is 0.565. The van der Waals surface area contributed by atoms with Crippen molar-refractivity contribution in [2.45, 2.75) is 22.1 Å². The van der Waals surface area contributed by atoms with E-state index in [2.05, 4.69) is 86.9 Å². The zero-order valence-corrected chi connectivity index (χ0v) is 24.2. The van der Waals surface area contributed by atoms with Gasteiger partial charge in [0.05, 0.1) is 16.4 Å². The van der Waals surface area contributed by atoms with Crippen LogP contribution in [0.4, 0.5) is 11.5 Å². The molecule has 0 saturated heterocycles. The van der Waals surface area contributed by atoms with Crippen LogP contribution < -0.4 is 11.1 Å². The van der Waals surface area contributed by atoms with Gasteiger partial charge in [-0.15, -0.1) is 23.1 Å². The van der Waals surface area contributed by atoms with Crippen LogP contribution in [-0.4, -0.2) is 21.6 Å². The molecule has 3 N–H and O–H groups in total. The maximum Gasteiger partial charge on any atom is 0.234 e. The van der Waals surface area contributed by atoms with Gasteiger partial charge in [-0.25, -0.2) is 9.97 Å². The third-order valence-corrected chi connectivity index (χ3v) is 10.6. The monoisotopic (exact) mass is 618 g/mol. The molecule has 0 spiro atoms. The summed E-state index contributed by atoms with van der Waals surface area (Å²) in [5.41, 5.74) is 11.1. The first-order valence-corrected chi connectivity index (χ1v) is 15.6. The van der Waals surface area contributed by atoms with Crippen molar-refractivity contribution in [3.05, 3.63) is 111 Å². The molecule has 1 amide bonds. The number of anilines is 2. The number of hydrogen-bond donors (Lipinski definition) is 2. The summed E-state index contributed by atoms with van der Waals surface area (Å²) in [7, 11) is 0. The molecule has 0 radical (unpaired) electrons. The van der Waals surface area contributed by atoms with E-state index in [-0.39, 0.29) is 16.9 Å². The van der Waals surface area contributed by atoms with Gasteiger partial charge >= 0.3 is 0 Å². The minimum atomic E-state index is -0.115. The zero-order chi connectivity index (χ0) is 26.1. The quantitative estimate of drug-likeness (QED) is 0.149. The fraction of sp³-hybridized carbons (Fsp3) is 0.138. The Balaban J connectivity index is 1.30. The van der Waals surface area contributed by atoms with Crippen LogP contribution in [0.25, 0.3) is 10.2 Å². The molecule has 190 valence electrons. The normalized spacial score (nSPS) is 16.8. The molecule has 0 fully saturated rings. The molecule has 1 aliphatic rings. The maximum atomic E-state index is 12.5. The summed E-state index contributed by atoms with van der Waals surface area (Å²) < 4.78 is 0.962. The van der Waals surface area contributed by atoms with Gasteiger partial charge in [0.2, 0.25) is 5.91 Å². The predicted molar refractivity (Wildman–Crippen MR) is 164 cm³/mol. The van der Waals surface area contributed by atoms with Gasteiger partial charge < -0.3 is 11.1 Å². The topological polar surface area (TPSA) is 80.9 Å². The fourth-order valence-electron chi connectivity index (χ4n) is 4.60. The summed E-state index contributed by atoms with van der Waals surface area (Å²) >= 11 is 8.38. The number of thioether (sulfide) groups is 2. The van der Waals surface area contributed by atoms with Gasteiger partial charge in [0, 0.05) is 20.3 Å². The van der Waals surface area contributed by atoms with Gasteiger partial charge in [0.15, 0.2) is 5.16 Å². The Morgan fingerprint density at radius 1 is 0.974 bits per heavy atom. The van der Waals surface area contributed by atoms with Gasteiger partial charge in [-0.2, -0.15) is 0 Å². The molecule has 38 heavy (non-hydrogen) atoms. The Kier molecular flexibility index (Phi) is 7.43. The van der Waals surface area contributed by atoms with Crippen LogP contribution >= 0.6 is 50.8 Å². The number of amides is 1. The Bertz CT molecular complexity index is 1590. The van der Waals surface area contributed by atoms with Crippen molar-refractivity contribution in [3.8, 4) is 0 Å². The molecule has 2 aromatic heterocycles. The predicted octanol–water partition coefficient (Wildman–Crippen LogP) is 7.89. The molecule has 0 saturated carbocycles. The Hall–Kier alpha value is -2.85. The van der Waals surface area contributed by atoms with Crippen molar-refractivity contribution >= 4 is 78.4 Å². The summed E-state index contributed by atoms with van der Waals surface area (Å²) in [5, 5.41) is 4.88. The number of nitrogens with two attached hydrogens (primary N) is 1. The van der Waals surface area contributed by atoms with E-state index in [9.17, 15) is 4.79 Å². The number of nitrogens with zero attached hydrogens (tertiary/aromatic N) is 2. The highest BCUT2D eigenvalue weighted by Gasteiger charge is 2.34. The zero-order valence-electron chi connectivity index (χ0n) is 20.1. The van der Waals surface area contributed by atoms with Gasteiger partial charge in [0.1, 0.15) is 10.6 Å². The van der Waals surface area contributed by atoms with Gasteiger partial charge in [-0.05, 0) is 47.4 Å². The summed E-state index contributed by atoms with van der Waals surface area (Å²) in [6, 6.07) is 28.8. The maximum absolute atomic E-state index is 12.5. The molecular weight excluding hydrogens is 596 g/mol. The van der Waals surface area contributed by atoms with E-state index in [1.807, 2.05) is 36.0 Å². The second kappa shape index (κ2) is 11.1. The number of nitrogen functional groups attached to an aromatic ring is 1. The third-order valence-electron chi connectivity index (χ3n) is 6.35. The van der Waals surface area contributed by atoms with Crippen molar-refractivity contribution in [2.75, 3.05) is 16.8 Å². The standard InChI is InChI=1S/C29H23BrN4OS3/c30-19-11-13-20(14-12-19)32-23(35)16-36-29-33-27(31)24-21-15-22(17-7-3-1-4-8-17)37-25(18-9-5-2-6-10-18)26(21)38-28(24)34-29/h1-14,22,25H,15-16H2,(H,32,35)(H2,31,33,34)/t22-,25+/m0/s1. The molecule has 3 aromatic carbocycles. The lowest BCUT2D eigenvalue weighted by molar-refractivity contribution is -0.113. The average molecular weight is 620 g/mol. The van der Waals surface area contributed by atoms with Crippen molar-refractivity contribution in [2.24, 2.45) is 0 Å². The minimum Gasteiger partial charge on any atom is -0.383 e. The largest absolute Gasteiger partial charge is 0.383 e. The van der Waals surface area contributed by atoms with E-state index < -0.39 is 0 Å². The Morgan fingerprint density at radius 2 is 1.66 bits per heavy atom. The van der Waals surface area contributed by atoms with Crippen LogP contribution in [0.15, 0.2) is 94.6 Å².